The van der Waals surface area contributed by atoms with E-state index in [-0.39, 0.29) is 39.5 Å². The second-order valence-corrected chi connectivity index (χ2v) is 4.17. The van der Waals surface area contributed by atoms with E-state index in [1.165, 1.54) is 18.2 Å². The average Bonchev–Trinajstić information content (AvgIpc) is 3.29. The Bertz CT molecular complexity index is 646. The van der Waals surface area contributed by atoms with Crippen LogP contribution in [-0.4, -0.2) is 48.2 Å². The van der Waals surface area contributed by atoms with Crippen LogP contribution < -0.4 is 0 Å². The Morgan fingerprint density at radius 2 is 0.840 bits per heavy atom. The molecule has 3 heterocycles. The molecule has 0 aliphatic rings. The smallest absolute Gasteiger partial charge is 0.352 e. The van der Waals surface area contributed by atoms with Crippen LogP contribution >= 0.6 is 0 Å². The quantitative estimate of drug-likeness (QED) is 0.285. The predicted molar refractivity (Wildman–Crippen MR) is 83.3 cm³/mol. The van der Waals surface area contributed by atoms with Crippen molar-refractivity contribution in [1.29, 1.82) is 0 Å². The van der Waals surface area contributed by atoms with Gasteiger partial charge in [0.05, 0.1) is 0 Å². The van der Waals surface area contributed by atoms with E-state index in [4.69, 9.17) is 15.3 Å². The molecule has 6 N–H and O–H groups in total. The van der Waals surface area contributed by atoms with Crippen molar-refractivity contribution in [2.75, 3.05) is 0 Å². The summed E-state index contributed by atoms with van der Waals surface area (Å²) < 4.78 is 0. The molecule has 1 radical (unpaired) electrons. The third-order valence-corrected chi connectivity index (χ3v) is 2.49. The summed E-state index contributed by atoms with van der Waals surface area (Å²) in [5.74, 6) is -2.76. The van der Waals surface area contributed by atoms with Crippen molar-refractivity contribution < 1.29 is 52.1 Å². The van der Waals surface area contributed by atoms with E-state index in [2.05, 4.69) is 15.0 Å². The van der Waals surface area contributed by atoms with Gasteiger partial charge in [-0.05, 0) is 36.4 Å². The standard InChI is InChI=1S/3C5H5NO2.Au/c3*7-5(8)4-2-1-3-6-4;/h3*1-3,6H,(H,7,8);. The van der Waals surface area contributed by atoms with Gasteiger partial charge >= 0.3 is 17.9 Å². The first-order chi connectivity index (χ1) is 11.4. The first kappa shape index (κ1) is 22.0. The number of aromatic nitrogens is 3. The molecule has 0 aliphatic carbocycles. The summed E-state index contributed by atoms with van der Waals surface area (Å²) >= 11 is 0. The van der Waals surface area contributed by atoms with Crippen LogP contribution in [0.4, 0.5) is 0 Å². The molecule has 0 unspecified atom stereocenters. The molecule has 0 aromatic carbocycles. The van der Waals surface area contributed by atoms with Crippen molar-refractivity contribution in [1.82, 2.24) is 15.0 Å². The fourth-order valence-corrected chi connectivity index (χ4v) is 1.39. The fourth-order valence-electron chi connectivity index (χ4n) is 1.39. The molecule has 25 heavy (non-hydrogen) atoms. The number of aromatic carboxylic acids is 3. The van der Waals surface area contributed by atoms with Gasteiger partial charge in [-0.15, -0.1) is 0 Å². The second-order valence-electron chi connectivity index (χ2n) is 4.17. The number of carbonyl (C=O) groups is 3. The Morgan fingerprint density at radius 3 is 0.920 bits per heavy atom. The largest absolute Gasteiger partial charge is 0.477 e. The summed E-state index contributed by atoms with van der Waals surface area (Å²) in [4.78, 5) is 37.7. The summed E-state index contributed by atoms with van der Waals surface area (Å²) in [6, 6.07) is 9.43. The Balaban J connectivity index is 0.000000339. The van der Waals surface area contributed by atoms with E-state index in [1.807, 2.05) is 0 Å². The number of nitrogens with one attached hydrogen (secondary N) is 3. The van der Waals surface area contributed by atoms with Crippen molar-refractivity contribution >= 4 is 17.9 Å². The zero-order valence-corrected chi connectivity index (χ0v) is 14.7. The molecule has 0 bridgehead atoms. The monoisotopic (exact) mass is 530 g/mol. The molecular formula is C15H15AuN3O6. The fraction of sp³-hybridized carbons (Fsp3) is 0. The molecule has 3 aromatic rings. The number of carboxylic acid groups (broad SMARTS) is 3. The third kappa shape index (κ3) is 8.42. The molecule has 0 saturated carbocycles. The second kappa shape index (κ2) is 11.5. The predicted octanol–water partition coefficient (Wildman–Crippen LogP) is 2.14. The Kier molecular flexibility index (Phi) is 10.1. The summed E-state index contributed by atoms with van der Waals surface area (Å²) in [5.41, 5.74) is 0.681. The third-order valence-electron chi connectivity index (χ3n) is 2.49. The van der Waals surface area contributed by atoms with E-state index < -0.39 is 17.9 Å². The maximum atomic E-state index is 10.0. The minimum Gasteiger partial charge on any atom is -0.477 e. The molecule has 0 aliphatic heterocycles. The van der Waals surface area contributed by atoms with Crippen LogP contribution in [0.15, 0.2) is 55.0 Å². The minimum atomic E-state index is -0.921. The van der Waals surface area contributed by atoms with E-state index in [1.54, 1.807) is 36.8 Å². The molecule has 137 valence electrons. The molecular weight excluding hydrogens is 515 g/mol. The summed E-state index contributed by atoms with van der Waals surface area (Å²) in [6.45, 7) is 0. The van der Waals surface area contributed by atoms with Gasteiger partial charge in [0.2, 0.25) is 0 Å². The van der Waals surface area contributed by atoms with Gasteiger partial charge in [-0.1, -0.05) is 0 Å². The minimum absolute atomic E-state index is 0. The van der Waals surface area contributed by atoms with Gasteiger partial charge in [-0.3, -0.25) is 0 Å². The Morgan fingerprint density at radius 1 is 0.600 bits per heavy atom. The normalized spacial score (nSPS) is 8.64. The molecule has 0 spiro atoms. The first-order valence-electron chi connectivity index (χ1n) is 6.52. The number of hydrogen-bond donors (Lipinski definition) is 6. The molecule has 9 nitrogen and oxygen atoms in total. The molecule has 0 atom stereocenters. The van der Waals surface area contributed by atoms with Crippen molar-refractivity contribution in [3.63, 3.8) is 0 Å². The summed E-state index contributed by atoms with van der Waals surface area (Å²) in [5, 5.41) is 24.7. The Hall–Kier alpha value is -3.01. The number of carboxylic acids is 3. The van der Waals surface area contributed by atoms with E-state index in [0.717, 1.165) is 0 Å². The van der Waals surface area contributed by atoms with Crippen LogP contribution in [0.3, 0.4) is 0 Å². The molecule has 3 rings (SSSR count). The number of H-pyrrole nitrogens is 3. The van der Waals surface area contributed by atoms with E-state index in [9.17, 15) is 14.4 Å². The molecule has 10 heteroatoms. The first-order valence-corrected chi connectivity index (χ1v) is 6.52. The van der Waals surface area contributed by atoms with Crippen molar-refractivity contribution in [3.05, 3.63) is 72.1 Å². The maximum Gasteiger partial charge on any atom is 0.352 e. The van der Waals surface area contributed by atoms with Crippen LogP contribution in [0, 0.1) is 0 Å². The van der Waals surface area contributed by atoms with Gasteiger partial charge in [0, 0.05) is 41.0 Å². The van der Waals surface area contributed by atoms with Crippen molar-refractivity contribution in [2.24, 2.45) is 0 Å². The van der Waals surface area contributed by atoms with Crippen LogP contribution in [0.5, 0.6) is 0 Å². The van der Waals surface area contributed by atoms with Gasteiger partial charge in [-0.2, -0.15) is 0 Å². The van der Waals surface area contributed by atoms with Crippen molar-refractivity contribution in [3.8, 4) is 0 Å². The van der Waals surface area contributed by atoms with Gasteiger partial charge in [0.15, 0.2) is 0 Å². The molecule has 3 aromatic heterocycles. The van der Waals surface area contributed by atoms with E-state index in [0.29, 0.717) is 0 Å². The Labute approximate surface area is 157 Å². The molecule has 0 fully saturated rings. The maximum absolute atomic E-state index is 10.0. The van der Waals surface area contributed by atoms with Gasteiger partial charge in [0.25, 0.3) is 0 Å². The van der Waals surface area contributed by atoms with Crippen molar-refractivity contribution in [2.45, 2.75) is 0 Å². The van der Waals surface area contributed by atoms with Gasteiger partial charge < -0.3 is 30.3 Å². The van der Waals surface area contributed by atoms with Crippen LogP contribution in [-0.2, 0) is 22.4 Å². The zero-order chi connectivity index (χ0) is 17.9. The molecule has 0 saturated heterocycles. The van der Waals surface area contributed by atoms with Gasteiger partial charge in [0.1, 0.15) is 17.1 Å². The van der Waals surface area contributed by atoms with E-state index >= 15 is 0 Å². The van der Waals surface area contributed by atoms with Crippen LogP contribution in [0.1, 0.15) is 31.5 Å². The SMILES string of the molecule is O=C(O)c1ccc[nH]1.O=C(O)c1ccc[nH]1.O=C(O)c1ccc[nH]1.[Au]. The number of aromatic amines is 3. The summed E-state index contributed by atoms with van der Waals surface area (Å²) in [7, 11) is 0. The summed E-state index contributed by atoms with van der Waals surface area (Å²) in [6.07, 6.45) is 4.72. The zero-order valence-electron chi connectivity index (χ0n) is 12.6. The topological polar surface area (TPSA) is 159 Å². The van der Waals surface area contributed by atoms with Gasteiger partial charge in [-0.25, -0.2) is 14.4 Å². The van der Waals surface area contributed by atoms with Crippen LogP contribution in [0.25, 0.3) is 0 Å². The average molecular weight is 530 g/mol. The van der Waals surface area contributed by atoms with Crippen LogP contribution in [0.2, 0.25) is 0 Å². The molecule has 0 amide bonds. The number of hydrogen-bond acceptors (Lipinski definition) is 3. The number of rotatable bonds is 3.